The fraction of sp³-hybridized carbons (Fsp3) is 0.475. The van der Waals surface area contributed by atoms with Crippen molar-refractivity contribution in [2.24, 2.45) is 17.8 Å². The van der Waals surface area contributed by atoms with E-state index in [1.807, 2.05) is 18.2 Å². The van der Waals surface area contributed by atoms with Crippen LogP contribution < -0.4 is 15.5 Å². The zero-order valence-corrected chi connectivity index (χ0v) is 31.2. The number of rotatable bonds is 7. The van der Waals surface area contributed by atoms with E-state index >= 15 is 0 Å². The molecule has 2 saturated carbocycles. The number of hydrogen-bond acceptors (Lipinski definition) is 6. The lowest BCUT2D eigenvalue weighted by atomic mass is 9.89. The van der Waals surface area contributed by atoms with Crippen molar-refractivity contribution in [2.75, 3.05) is 31.1 Å². The minimum atomic E-state index is -0.134. The van der Waals surface area contributed by atoms with Crippen LogP contribution in [0.1, 0.15) is 97.8 Å². The fourth-order valence-corrected chi connectivity index (χ4v) is 8.28. The standard InChI is InChI=1S/C23H27ClN4O.C17H18Cl2N2O/c24-19-7-8-20-18(22(19)23(29)26-15-17-4-2-1-3-5-17)6-9-21(27-20)28-12-10-16(14-25)11-13-28;18-13-7-8-14-12(6-9-15(19)21-14)16(13)17(22)20-10-11-4-2-1-3-5-11/h6-9,16-17H,1-5,10-13,15H2,(H,26,29);6-9,11H,1-5,10H2,(H,20,22). The lowest BCUT2D eigenvalue weighted by Crippen LogP contribution is -2.33. The highest BCUT2D eigenvalue weighted by Gasteiger charge is 2.23. The molecule has 0 unspecified atom stereocenters. The fourth-order valence-electron chi connectivity index (χ4n) is 7.63. The van der Waals surface area contributed by atoms with Crippen LogP contribution in [0.25, 0.3) is 21.8 Å². The molecule has 3 aliphatic rings. The van der Waals surface area contributed by atoms with E-state index in [0.29, 0.717) is 56.8 Å². The first-order chi connectivity index (χ1) is 24.8. The number of fused-ring (bicyclic) bond motifs is 2. The summed E-state index contributed by atoms with van der Waals surface area (Å²) in [5, 5.41) is 18.1. The molecule has 2 aromatic carbocycles. The number of carbonyl (C=O) groups is 2. The largest absolute Gasteiger partial charge is 0.357 e. The summed E-state index contributed by atoms with van der Waals surface area (Å²) in [5.41, 5.74) is 2.46. The van der Waals surface area contributed by atoms with Crippen molar-refractivity contribution < 1.29 is 9.59 Å². The molecule has 0 atom stereocenters. The highest BCUT2D eigenvalue weighted by molar-refractivity contribution is 6.36. The predicted octanol–water partition coefficient (Wildman–Crippen LogP) is 9.79. The Labute approximate surface area is 315 Å². The van der Waals surface area contributed by atoms with E-state index in [9.17, 15) is 9.59 Å². The van der Waals surface area contributed by atoms with Gasteiger partial charge in [0.15, 0.2) is 0 Å². The van der Waals surface area contributed by atoms with Crippen LogP contribution in [0.5, 0.6) is 0 Å². The molecular formula is C40H45Cl3N6O2. The van der Waals surface area contributed by atoms with Gasteiger partial charge in [-0.15, -0.1) is 0 Å². The van der Waals surface area contributed by atoms with Crippen molar-refractivity contribution in [3.8, 4) is 6.07 Å². The highest BCUT2D eigenvalue weighted by Crippen LogP contribution is 2.30. The van der Waals surface area contributed by atoms with E-state index in [-0.39, 0.29) is 17.7 Å². The number of pyridine rings is 2. The first kappa shape index (κ1) is 37.1. The molecule has 0 spiro atoms. The Balaban J connectivity index is 0.000000183. The summed E-state index contributed by atoms with van der Waals surface area (Å²) < 4.78 is 0. The number of carbonyl (C=O) groups excluding carboxylic acids is 2. The second-order valence-electron chi connectivity index (χ2n) is 14.1. The van der Waals surface area contributed by atoms with Crippen molar-refractivity contribution in [1.29, 1.82) is 5.26 Å². The Morgan fingerprint density at radius 3 is 1.67 bits per heavy atom. The monoisotopic (exact) mass is 746 g/mol. The first-order valence-electron chi connectivity index (χ1n) is 18.4. The van der Waals surface area contributed by atoms with Gasteiger partial charge >= 0.3 is 0 Å². The molecule has 51 heavy (non-hydrogen) atoms. The SMILES string of the molecule is N#CC1CCN(c2ccc3c(C(=O)NCC4CCCCC4)c(Cl)ccc3n2)CC1.O=C(NCC1CCCCC1)c1c(Cl)ccc2nc(Cl)ccc12. The molecule has 3 fully saturated rings. The third-order valence-electron chi connectivity index (χ3n) is 10.6. The Bertz CT molecular complexity index is 1890. The maximum atomic E-state index is 12.9. The summed E-state index contributed by atoms with van der Waals surface area (Å²) in [6, 6.07) is 16.9. The lowest BCUT2D eigenvalue weighted by Gasteiger charge is -2.30. The maximum Gasteiger partial charge on any atom is 0.253 e. The highest BCUT2D eigenvalue weighted by atomic mass is 35.5. The predicted molar refractivity (Wildman–Crippen MR) is 207 cm³/mol. The Morgan fingerprint density at radius 1 is 0.667 bits per heavy atom. The van der Waals surface area contributed by atoms with Gasteiger partial charge in [-0.1, -0.05) is 73.3 Å². The number of nitriles is 1. The average Bonchev–Trinajstić information content (AvgIpc) is 3.17. The topological polar surface area (TPSA) is 111 Å². The molecule has 0 radical (unpaired) electrons. The van der Waals surface area contributed by atoms with Gasteiger partial charge in [0.1, 0.15) is 11.0 Å². The summed E-state index contributed by atoms with van der Waals surface area (Å²) in [5.74, 6) is 1.94. The average molecular weight is 748 g/mol. The van der Waals surface area contributed by atoms with E-state index in [1.54, 1.807) is 30.3 Å². The van der Waals surface area contributed by atoms with E-state index in [2.05, 4.69) is 26.6 Å². The van der Waals surface area contributed by atoms with Crippen LogP contribution in [0.2, 0.25) is 15.2 Å². The van der Waals surface area contributed by atoms with Gasteiger partial charge in [0.05, 0.1) is 38.3 Å². The Kier molecular flexibility index (Phi) is 12.9. The molecule has 3 heterocycles. The van der Waals surface area contributed by atoms with Crippen LogP contribution in [0.15, 0.2) is 48.5 Å². The van der Waals surface area contributed by atoms with E-state index in [0.717, 1.165) is 48.0 Å². The van der Waals surface area contributed by atoms with Gasteiger partial charge in [0.25, 0.3) is 11.8 Å². The van der Waals surface area contributed by atoms with E-state index in [4.69, 9.17) is 45.0 Å². The van der Waals surface area contributed by atoms with Crippen LogP contribution in [0.3, 0.4) is 0 Å². The third-order valence-corrected chi connectivity index (χ3v) is 11.4. The minimum absolute atomic E-state index is 0.115. The van der Waals surface area contributed by atoms with Crippen LogP contribution in [0, 0.1) is 29.1 Å². The number of benzene rings is 2. The number of nitrogens with zero attached hydrogens (tertiary/aromatic N) is 4. The number of piperidine rings is 1. The van der Waals surface area contributed by atoms with Crippen LogP contribution in [-0.2, 0) is 0 Å². The smallest absolute Gasteiger partial charge is 0.253 e. The zero-order chi connectivity index (χ0) is 35.7. The van der Waals surface area contributed by atoms with E-state index in [1.165, 1.54) is 64.2 Å². The van der Waals surface area contributed by atoms with Crippen LogP contribution in [0.4, 0.5) is 5.82 Å². The summed E-state index contributed by atoms with van der Waals surface area (Å²) in [7, 11) is 0. The van der Waals surface area contributed by atoms with E-state index < -0.39 is 0 Å². The second kappa shape index (κ2) is 17.7. The summed E-state index contributed by atoms with van der Waals surface area (Å²) in [6.07, 6.45) is 14.2. The number of amides is 2. The Morgan fingerprint density at radius 2 is 1.16 bits per heavy atom. The number of nitrogens with one attached hydrogen (secondary N) is 2. The molecule has 2 amide bonds. The number of anilines is 1. The van der Waals surface area contributed by atoms with Crippen molar-refractivity contribution in [1.82, 2.24) is 20.6 Å². The second-order valence-corrected chi connectivity index (χ2v) is 15.3. The zero-order valence-electron chi connectivity index (χ0n) is 28.9. The molecule has 2 aliphatic carbocycles. The number of aromatic nitrogens is 2. The molecule has 8 nitrogen and oxygen atoms in total. The molecular weight excluding hydrogens is 703 g/mol. The van der Waals surface area contributed by atoms with Gasteiger partial charge in [0.2, 0.25) is 0 Å². The maximum absolute atomic E-state index is 12.9. The molecule has 2 N–H and O–H groups in total. The van der Waals surface area contributed by atoms with Gasteiger partial charge in [-0.25, -0.2) is 9.97 Å². The van der Waals surface area contributed by atoms with Gasteiger partial charge in [-0.3, -0.25) is 9.59 Å². The van der Waals surface area contributed by atoms with Gasteiger partial charge < -0.3 is 15.5 Å². The molecule has 7 rings (SSSR count). The van der Waals surface area contributed by atoms with Gasteiger partial charge in [-0.2, -0.15) is 5.26 Å². The number of halogens is 3. The molecule has 11 heteroatoms. The first-order valence-corrected chi connectivity index (χ1v) is 19.5. The third kappa shape index (κ3) is 9.43. The van der Waals surface area contributed by atoms with Gasteiger partial charge in [-0.05, 0) is 98.9 Å². The molecule has 2 aromatic heterocycles. The summed E-state index contributed by atoms with van der Waals surface area (Å²) in [4.78, 5) is 36.7. The molecule has 1 saturated heterocycles. The normalized spacial score (nSPS) is 17.4. The minimum Gasteiger partial charge on any atom is -0.357 e. The van der Waals surface area contributed by atoms with Gasteiger partial charge in [0, 0.05) is 42.9 Å². The molecule has 268 valence electrons. The van der Waals surface area contributed by atoms with Crippen molar-refractivity contribution in [2.45, 2.75) is 77.0 Å². The lowest BCUT2D eigenvalue weighted by molar-refractivity contribution is 0.0937. The molecule has 4 aromatic rings. The van der Waals surface area contributed by atoms with Crippen molar-refractivity contribution in [3.05, 3.63) is 74.9 Å². The molecule has 0 bridgehead atoms. The van der Waals surface area contributed by atoms with Crippen molar-refractivity contribution in [3.63, 3.8) is 0 Å². The number of hydrogen-bond donors (Lipinski definition) is 2. The quantitative estimate of drug-likeness (QED) is 0.182. The Hall–Kier alpha value is -3.64. The summed E-state index contributed by atoms with van der Waals surface area (Å²) in [6.45, 7) is 3.09. The van der Waals surface area contributed by atoms with Crippen molar-refractivity contribution >= 4 is 74.2 Å². The summed E-state index contributed by atoms with van der Waals surface area (Å²) >= 11 is 18.6. The molecule has 1 aliphatic heterocycles. The van der Waals surface area contributed by atoms with Crippen LogP contribution in [-0.4, -0.2) is 48.0 Å². The van der Waals surface area contributed by atoms with Crippen LogP contribution >= 0.6 is 34.8 Å².